The van der Waals surface area contributed by atoms with Crippen LogP contribution in [0.15, 0.2) is 34.7 Å². The van der Waals surface area contributed by atoms with Crippen LogP contribution < -0.4 is 5.32 Å². The Bertz CT molecular complexity index is 442. The first-order chi connectivity index (χ1) is 8.79. The fourth-order valence-electron chi connectivity index (χ4n) is 2.24. The second-order valence-electron chi connectivity index (χ2n) is 5.00. The minimum Gasteiger partial charge on any atom is -0.461 e. The van der Waals surface area contributed by atoms with Gasteiger partial charge in [-0.25, -0.2) is 0 Å². The van der Waals surface area contributed by atoms with Gasteiger partial charge in [-0.3, -0.25) is 0 Å². The van der Waals surface area contributed by atoms with Gasteiger partial charge >= 0.3 is 0 Å². The summed E-state index contributed by atoms with van der Waals surface area (Å²) < 4.78 is 5.81. The Kier molecular flexibility index (Phi) is 4.82. The molecule has 2 aromatic rings. The van der Waals surface area contributed by atoms with Crippen molar-refractivity contribution in [2.75, 3.05) is 6.54 Å². The highest BCUT2D eigenvalue weighted by Crippen LogP contribution is 2.20. The summed E-state index contributed by atoms with van der Waals surface area (Å²) >= 11 is 0. The van der Waals surface area contributed by atoms with Gasteiger partial charge in [-0.2, -0.15) is 0 Å². The van der Waals surface area contributed by atoms with Crippen molar-refractivity contribution in [3.05, 3.63) is 36.1 Å². The SMILES string of the molecule is CCCN[C@H](C)CCCc1cc2ccccc2o1. The van der Waals surface area contributed by atoms with Crippen molar-refractivity contribution in [2.45, 2.75) is 45.6 Å². The minimum absolute atomic E-state index is 0.606. The Morgan fingerprint density at radius 1 is 1.28 bits per heavy atom. The molecule has 2 rings (SSSR count). The lowest BCUT2D eigenvalue weighted by atomic mass is 10.1. The zero-order chi connectivity index (χ0) is 12.8. The summed E-state index contributed by atoms with van der Waals surface area (Å²) in [5.41, 5.74) is 1.00. The highest BCUT2D eigenvalue weighted by molar-refractivity contribution is 5.77. The van der Waals surface area contributed by atoms with Crippen LogP contribution in [0.1, 0.15) is 38.9 Å². The molecule has 0 amide bonds. The van der Waals surface area contributed by atoms with E-state index in [2.05, 4.69) is 37.4 Å². The van der Waals surface area contributed by atoms with E-state index in [0.29, 0.717) is 6.04 Å². The second-order valence-corrected chi connectivity index (χ2v) is 5.00. The molecule has 0 aliphatic carbocycles. The van der Waals surface area contributed by atoms with E-state index < -0.39 is 0 Å². The summed E-state index contributed by atoms with van der Waals surface area (Å²) in [6.07, 6.45) is 4.62. The largest absolute Gasteiger partial charge is 0.461 e. The summed E-state index contributed by atoms with van der Waals surface area (Å²) in [7, 11) is 0. The molecule has 1 aromatic carbocycles. The fraction of sp³-hybridized carbons (Fsp3) is 0.500. The van der Waals surface area contributed by atoms with E-state index in [-0.39, 0.29) is 0 Å². The van der Waals surface area contributed by atoms with Crippen molar-refractivity contribution in [2.24, 2.45) is 0 Å². The second kappa shape index (κ2) is 6.60. The van der Waals surface area contributed by atoms with Gasteiger partial charge in [0.2, 0.25) is 0 Å². The molecule has 2 heteroatoms. The van der Waals surface area contributed by atoms with E-state index >= 15 is 0 Å². The number of furan rings is 1. The zero-order valence-electron chi connectivity index (χ0n) is 11.4. The highest BCUT2D eigenvalue weighted by atomic mass is 16.3. The van der Waals surface area contributed by atoms with Crippen LogP contribution in [0, 0.1) is 0 Å². The van der Waals surface area contributed by atoms with Crippen LogP contribution in [-0.2, 0) is 6.42 Å². The van der Waals surface area contributed by atoms with Crippen molar-refractivity contribution in [1.29, 1.82) is 0 Å². The molecule has 1 aromatic heterocycles. The summed E-state index contributed by atoms with van der Waals surface area (Å²) in [6, 6.07) is 11.0. The molecule has 0 aliphatic heterocycles. The molecule has 0 radical (unpaired) electrons. The maximum Gasteiger partial charge on any atom is 0.134 e. The maximum absolute atomic E-state index is 5.81. The van der Waals surface area contributed by atoms with Crippen LogP contribution in [0.3, 0.4) is 0 Å². The fourth-order valence-corrected chi connectivity index (χ4v) is 2.24. The number of fused-ring (bicyclic) bond motifs is 1. The van der Waals surface area contributed by atoms with Crippen molar-refractivity contribution in [1.82, 2.24) is 5.32 Å². The zero-order valence-corrected chi connectivity index (χ0v) is 11.4. The summed E-state index contributed by atoms with van der Waals surface area (Å²) in [4.78, 5) is 0. The lowest BCUT2D eigenvalue weighted by Crippen LogP contribution is -2.26. The third kappa shape index (κ3) is 3.61. The van der Waals surface area contributed by atoms with Crippen LogP contribution in [0.4, 0.5) is 0 Å². The van der Waals surface area contributed by atoms with Gasteiger partial charge in [-0.15, -0.1) is 0 Å². The van der Waals surface area contributed by atoms with E-state index in [1.807, 2.05) is 12.1 Å². The molecular weight excluding hydrogens is 222 g/mol. The van der Waals surface area contributed by atoms with Gasteiger partial charge in [-0.1, -0.05) is 25.1 Å². The lowest BCUT2D eigenvalue weighted by molar-refractivity contribution is 0.475. The van der Waals surface area contributed by atoms with Crippen molar-refractivity contribution < 1.29 is 4.42 Å². The number of aryl methyl sites for hydroxylation is 1. The first kappa shape index (κ1) is 13.2. The molecule has 1 N–H and O–H groups in total. The molecule has 1 atom stereocenters. The Morgan fingerprint density at radius 3 is 2.89 bits per heavy atom. The molecule has 2 nitrogen and oxygen atoms in total. The van der Waals surface area contributed by atoms with Crippen LogP contribution >= 0.6 is 0 Å². The molecule has 98 valence electrons. The molecule has 18 heavy (non-hydrogen) atoms. The van der Waals surface area contributed by atoms with Crippen LogP contribution in [-0.4, -0.2) is 12.6 Å². The molecule has 0 aliphatic rings. The molecule has 0 unspecified atom stereocenters. The number of rotatable bonds is 7. The quantitative estimate of drug-likeness (QED) is 0.793. The number of para-hydroxylation sites is 1. The van der Waals surface area contributed by atoms with Gasteiger partial charge in [0, 0.05) is 17.8 Å². The van der Waals surface area contributed by atoms with Crippen molar-refractivity contribution >= 4 is 11.0 Å². The van der Waals surface area contributed by atoms with Crippen LogP contribution in [0.25, 0.3) is 11.0 Å². The normalized spacial score (nSPS) is 13.0. The third-order valence-corrected chi connectivity index (χ3v) is 3.28. The average molecular weight is 245 g/mol. The summed E-state index contributed by atoms with van der Waals surface area (Å²) in [5, 5.41) is 4.73. The molecule has 0 spiro atoms. The number of benzene rings is 1. The average Bonchev–Trinajstić information content (AvgIpc) is 2.79. The minimum atomic E-state index is 0.606. The monoisotopic (exact) mass is 245 g/mol. The van der Waals surface area contributed by atoms with Gasteiger partial charge in [-0.05, 0) is 44.9 Å². The predicted octanol–water partition coefficient (Wildman–Crippen LogP) is 4.14. The first-order valence-electron chi connectivity index (χ1n) is 7.00. The molecule has 0 bridgehead atoms. The van der Waals surface area contributed by atoms with E-state index in [1.165, 1.54) is 24.6 Å². The molecule has 0 fully saturated rings. The van der Waals surface area contributed by atoms with Crippen LogP contribution in [0.2, 0.25) is 0 Å². The Hall–Kier alpha value is -1.28. The standard InChI is InChI=1S/C16H23NO/c1-3-11-17-13(2)7-6-9-15-12-14-8-4-5-10-16(14)18-15/h4-5,8,10,12-13,17H,3,6-7,9,11H2,1-2H3/t13-/m1/s1. The molecular formula is C16H23NO. The first-order valence-corrected chi connectivity index (χ1v) is 7.00. The highest BCUT2D eigenvalue weighted by Gasteiger charge is 2.04. The number of nitrogens with one attached hydrogen (secondary N) is 1. The topological polar surface area (TPSA) is 25.2 Å². The van der Waals surface area contributed by atoms with E-state index in [0.717, 1.165) is 24.3 Å². The Labute approximate surface area is 109 Å². The molecule has 0 saturated heterocycles. The number of hydrogen-bond donors (Lipinski definition) is 1. The van der Waals surface area contributed by atoms with Gasteiger partial charge < -0.3 is 9.73 Å². The summed E-state index contributed by atoms with van der Waals surface area (Å²) in [6.45, 7) is 5.58. The molecule has 1 heterocycles. The molecule has 0 saturated carbocycles. The van der Waals surface area contributed by atoms with Gasteiger partial charge in [0.15, 0.2) is 0 Å². The summed E-state index contributed by atoms with van der Waals surface area (Å²) in [5.74, 6) is 1.11. The van der Waals surface area contributed by atoms with E-state index in [4.69, 9.17) is 4.42 Å². The van der Waals surface area contributed by atoms with Gasteiger partial charge in [0.1, 0.15) is 11.3 Å². The Balaban J connectivity index is 1.79. The van der Waals surface area contributed by atoms with Crippen molar-refractivity contribution in [3.8, 4) is 0 Å². The lowest BCUT2D eigenvalue weighted by Gasteiger charge is -2.11. The number of hydrogen-bond acceptors (Lipinski definition) is 2. The predicted molar refractivity (Wildman–Crippen MR) is 76.9 cm³/mol. The smallest absolute Gasteiger partial charge is 0.134 e. The van der Waals surface area contributed by atoms with Crippen molar-refractivity contribution in [3.63, 3.8) is 0 Å². The van der Waals surface area contributed by atoms with Gasteiger partial charge in [0.25, 0.3) is 0 Å². The van der Waals surface area contributed by atoms with E-state index in [1.54, 1.807) is 0 Å². The maximum atomic E-state index is 5.81. The Morgan fingerprint density at radius 2 is 2.11 bits per heavy atom. The van der Waals surface area contributed by atoms with Crippen LogP contribution in [0.5, 0.6) is 0 Å². The third-order valence-electron chi connectivity index (χ3n) is 3.28. The van der Waals surface area contributed by atoms with E-state index in [9.17, 15) is 0 Å². The van der Waals surface area contributed by atoms with Gasteiger partial charge in [0.05, 0.1) is 0 Å².